The molecule has 0 aliphatic rings. The van der Waals surface area contributed by atoms with Gasteiger partial charge in [-0.1, -0.05) is 29.3 Å². The fraction of sp³-hybridized carbons (Fsp3) is 0.364. The molecule has 5 heteroatoms. The Hall–Kier alpha value is -0.770. The minimum Gasteiger partial charge on any atom is -0.350 e. The topological polar surface area (TPSA) is 55.1 Å². The van der Waals surface area contributed by atoms with Gasteiger partial charge in [-0.2, -0.15) is 0 Å². The number of benzene rings is 1. The van der Waals surface area contributed by atoms with Crippen LogP contribution in [0.4, 0.5) is 0 Å². The zero-order chi connectivity index (χ0) is 12.1. The van der Waals surface area contributed by atoms with Crippen LogP contribution < -0.4 is 11.1 Å². The molecule has 1 aromatic rings. The van der Waals surface area contributed by atoms with Crippen molar-refractivity contribution in [3.63, 3.8) is 0 Å². The molecule has 0 heterocycles. The number of hydrogen-bond donors (Lipinski definition) is 2. The van der Waals surface area contributed by atoms with E-state index in [1.54, 1.807) is 12.1 Å². The van der Waals surface area contributed by atoms with Crippen LogP contribution in [0.5, 0.6) is 0 Å². The van der Waals surface area contributed by atoms with Crippen molar-refractivity contribution in [2.45, 2.75) is 19.4 Å². The minimum atomic E-state index is -0.103. The molecule has 1 aromatic carbocycles. The summed E-state index contributed by atoms with van der Waals surface area (Å²) >= 11 is 11.7. The molecule has 0 aliphatic heterocycles. The van der Waals surface area contributed by atoms with Crippen molar-refractivity contribution in [1.82, 2.24) is 5.32 Å². The highest BCUT2D eigenvalue weighted by atomic mass is 35.5. The summed E-state index contributed by atoms with van der Waals surface area (Å²) in [4.78, 5) is 11.3. The van der Waals surface area contributed by atoms with Crippen LogP contribution in [0, 0.1) is 0 Å². The molecule has 1 amide bonds. The molecule has 1 unspecified atom stereocenters. The Balaban J connectivity index is 2.69. The molecule has 3 N–H and O–H groups in total. The number of rotatable bonds is 4. The van der Waals surface area contributed by atoms with Crippen LogP contribution in [-0.2, 0) is 4.79 Å². The summed E-state index contributed by atoms with van der Waals surface area (Å²) in [6.45, 7) is 2.23. The number of carbonyl (C=O) groups is 1. The second-order valence-electron chi connectivity index (χ2n) is 3.50. The third-order valence-corrected chi connectivity index (χ3v) is 2.93. The fourth-order valence-electron chi connectivity index (χ4n) is 1.31. The lowest BCUT2D eigenvalue weighted by atomic mass is 10.1. The van der Waals surface area contributed by atoms with Gasteiger partial charge in [0.05, 0.1) is 16.1 Å². The smallest absolute Gasteiger partial charge is 0.221 e. The van der Waals surface area contributed by atoms with E-state index in [0.717, 1.165) is 5.56 Å². The lowest BCUT2D eigenvalue weighted by Crippen LogP contribution is -2.28. The zero-order valence-corrected chi connectivity index (χ0v) is 10.5. The minimum absolute atomic E-state index is 0.0685. The van der Waals surface area contributed by atoms with Crippen molar-refractivity contribution < 1.29 is 4.79 Å². The Kier molecular flexibility index (Phi) is 5.06. The molecule has 88 valence electrons. The van der Waals surface area contributed by atoms with Gasteiger partial charge in [0.15, 0.2) is 0 Å². The summed E-state index contributed by atoms with van der Waals surface area (Å²) in [5.74, 6) is -0.0685. The highest BCUT2D eigenvalue weighted by molar-refractivity contribution is 6.42. The van der Waals surface area contributed by atoms with Crippen molar-refractivity contribution in [1.29, 1.82) is 0 Å². The summed E-state index contributed by atoms with van der Waals surface area (Å²) in [6, 6.07) is 5.19. The van der Waals surface area contributed by atoms with E-state index >= 15 is 0 Å². The molecule has 0 bridgehead atoms. The molecule has 0 aromatic heterocycles. The molecule has 0 saturated carbocycles. The van der Waals surface area contributed by atoms with Crippen LogP contribution in [-0.4, -0.2) is 12.5 Å². The van der Waals surface area contributed by atoms with Crippen LogP contribution in [0.25, 0.3) is 0 Å². The lowest BCUT2D eigenvalue weighted by Gasteiger charge is -2.14. The van der Waals surface area contributed by atoms with E-state index in [1.165, 1.54) is 0 Å². The number of amides is 1. The molecular formula is C11H14Cl2N2O. The first-order valence-electron chi connectivity index (χ1n) is 4.99. The first-order valence-corrected chi connectivity index (χ1v) is 5.74. The molecule has 0 spiro atoms. The third-order valence-electron chi connectivity index (χ3n) is 2.19. The highest BCUT2D eigenvalue weighted by Crippen LogP contribution is 2.25. The Bertz CT molecular complexity index is 382. The maximum Gasteiger partial charge on any atom is 0.221 e. The summed E-state index contributed by atoms with van der Waals surface area (Å²) in [6.07, 6.45) is 0.325. The van der Waals surface area contributed by atoms with Crippen molar-refractivity contribution in [3.8, 4) is 0 Å². The van der Waals surface area contributed by atoms with Crippen molar-refractivity contribution in [2.24, 2.45) is 5.73 Å². The van der Waals surface area contributed by atoms with Crippen molar-refractivity contribution >= 4 is 29.1 Å². The van der Waals surface area contributed by atoms with Crippen LogP contribution >= 0.6 is 23.2 Å². The number of hydrogen-bond acceptors (Lipinski definition) is 2. The predicted octanol–water partition coefficient (Wildman–Crippen LogP) is 2.52. The lowest BCUT2D eigenvalue weighted by molar-refractivity contribution is -0.121. The molecular weight excluding hydrogens is 247 g/mol. The van der Waals surface area contributed by atoms with Gasteiger partial charge in [0, 0.05) is 13.0 Å². The SMILES string of the molecule is CC(NC(=O)CCN)c1ccc(Cl)c(Cl)c1. The van der Waals surface area contributed by atoms with Gasteiger partial charge in [0.25, 0.3) is 0 Å². The maximum absolute atomic E-state index is 11.3. The van der Waals surface area contributed by atoms with Gasteiger partial charge >= 0.3 is 0 Å². The molecule has 3 nitrogen and oxygen atoms in total. The second kappa shape index (κ2) is 6.09. The maximum atomic E-state index is 11.3. The van der Waals surface area contributed by atoms with Crippen LogP contribution in [0.2, 0.25) is 10.0 Å². The average Bonchev–Trinajstić information content (AvgIpc) is 2.22. The van der Waals surface area contributed by atoms with E-state index in [9.17, 15) is 4.79 Å². The first kappa shape index (κ1) is 13.3. The quantitative estimate of drug-likeness (QED) is 0.874. The largest absolute Gasteiger partial charge is 0.350 e. The third kappa shape index (κ3) is 3.67. The summed E-state index contributed by atoms with van der Waals surface area (Å²) < 4.78 is 0. The van der Waals surface area contributed by atoms with Gasteiger partial charge in [-0.15, -0.1) is 0 Å². The normalized spacial score (nSPS) is 12.2. The predicted molar refractivity (Wildman–Crippen MR) is 66.7 cm³/mol. The van der Waals surface area contributed by atoms with E-state index in [1.807, 2.05) is 13.0 Å². The van der Waals surface area contributed by atoms with Gasteiger partial charge in [-0.05, 0) is 24.6 Å². The average molecular weight is 261 g/mol. The van der Waals surface area contributed by atoms with Gasteiger partial charge in [-0.25, -0.2) is 0 Å². The van der Waals surface area contributed by atoms with E-state index in [2.05, 4.69) is 5.32 Å². The number of nitrogens with two attached hydrogens (primary N) is 1. The number of carbonyl (C=O) groups excluding carboxylic acids is 1. The number of nitrogens with one attached hydrogen (secondary N) is 1. The Morgan fingerprint density at radius 1 is 1.44 bits per heavy atom. The van der Waals surface area contributed by atoms with E-state index in [-0.39, 0.29) is 11.9 Å². The second-order valence-corrected chi connectivity index (χ2v) is 4.32. The van der Waals surface area contributed by atoms with Gasteiger partial charge in [-0.3, -0.25) is 4.79 Å². The van der Waals surface area contributed by atoms with Gasteiger partial charge < -0.3 is 11.1 Å². The van der Waals surface area contributed by atoms with Crippen LogP contribution in [0.1, 0.15) is 24.9 Å². The Labute approximate surface area is 105 Å². The number of halogens is 2. The first-order chi connectivity index (χ1) is 7.54. The summed E-state index contributed by atoms with van der Waals surface area (Å²) in [5, 5.41) is 3.81. The fourth-order valence-corrected chi connectivity index (χ4v) is 1.62. The molecule has 0 radical (unpaired) electrons. The van der Waals surface area contributed by atoms with Gasteiger partial charge in [0.1, 0.15) is 0 Å². The highest BCUT2D eigenvalue weighted by Gasteiger charge is 2.10. The van der Waals surface area contributed by atoms with E-state index < -0.39 is 0 Å². The standard InChI is InChI=1S/C11H14Cl2N2O/c1-7(15-11(16)4-5-14)8-2-3-9(12)10(13)6-8/h2-3,6-7H,4-5,14H2,1H3,(H,15,16). The Morgan fingerprint density at radius 2 is 2.12 bits per heavy atom. The summed E-state index contributed by atoms with van der Waals surface area (Å²) in [7, 11) is 0. The van der Waals surface area contributed by atoms with Gasteiger partial charge in [0.2, 0.25) is 5.91 Å². The summed E-state index contributed by atoms with van der Waals surface area (Å²) in [5.41, 5.74) is 6.20. The Morgan fingerprint density at radius 3 is 2.69 bits per heavy atom. The molecule has 16 heavy (non-hydrogen) atoms. The molecule has 0 saturated heterocycles. The molecule has 1 rings (SSSR count). The van der Waals surface area contributed by atoms with E-state index in [0.29, 0.717) is 23.0 Å². The molecule has 0 aliphatic carbocycles. The van der Waals surface area contributed by atoms with E-state index in [4.69, 9.17) is 28.9 Å². The van der Waals surface area contributed by atoms with Crippen molar-refractivity contribution in [2.75, 3.05) is 6.54 Å². The molecule has 0 fully saturated rings. The molecule has 1 atom stereocenters. The van der Waals surface area contributed by atoms with Crippen LogP contribution in [0.15, 0.2) is 18.2 Å². The van der Waals surface area contributed by atoms with Crippen molar-refractivity contribution in [3.05, 3.63) is 33.8 Å². The van der Waals surface area contributed by atoms with Crippen LogP contribution in [0.3, 0.4) is 0 Å². The zero-order valence-electron chi connectivity index (χ0n) is 8.97. The monoisotopic (exact) mass is 260 g/mol.